The maximum atomic E-state index is 12.0. The number of rotatable bonds is 3. The van der Waals surface area contributed by atoms with E-state index in [-0.39, 0.29) is 18.2 Å². The normalized spacial score (nSPS) is 17.7. The molecular weight excluding hydrogens is 294 g/mol. The largest absolute Gasteiger partial charge is 0.474 e. The van der Waals surface area contributed by atoms with E-state index in [1.807, 2.05) is 39.8 Å². The molecule has 1 atom stereocenters. The number of amides is 1. The van der Waals surface area contributed by atoms with Gasteiger partial charge in [0.1, 0.15) is 11.7 Å². The van der Waals surface area contributed by atoms with Crippen molar-refractivity contribution in [2.45, 2.75) is 58.3 Å². The van der Waals surface area contributed by atoms with E-state index in [1.54, 1.807) is 11.1 Å². The third-order valence-electron chi connectivity index (χ3n) is 3.67. The van der Waals surface area contributed by atoms with E-state index in [4.69, 9.17) is 15.2 Å². The van der Waals surface area contributed by atoms with E-state index < -0.39 is 5.60 Å². The smallest absolute Gasteiger partial charge is 0.410 e. The fraction of sp³-hybridized carbons (Fsp3) is 0.647. The number of ether oxygens (including phenoxy) is 2. The molecule has 23 heavy (non-hydrogen) atoms. The first kappa shape index (κ1) is 17.5. The molecule has 0 bridgehead atoms. The van der Waals surface area contributed by atoms with E-state index in [2.05, 4.69) is 4.98 Å². The summed E-state index contributed by atoms with van der Waals surface area (Å²) in [6.45, 7) is 8.81. The number of nitrogens with two attached hydrogens (primary N) is 1. The molecule has 1 amide bonds. The minimum absolute atomic E-state index is 0.0337. The van der Waals surface area contributed by atoms with Gasteiger partial charge in [0.15, 0.2) is 0 Å². The van der Waals surface area contributed by atoms with Gasteiger partial charge in [-0.2, -0.15) is 0 Å². The van der Waals surface area contributed by atoms with Gasteiger partial charge in [0.25, 0.3) is 0 Å². The summed E-state index contributed by atoms with van der Waals surface area (Å²) in [7, 11) is 0. The zero-order valence-electron chi connectivity index (χ0n) is 14.4. The molecule has 6 heteroatoms. The van der Waals surface area contributed by atoms with Crippen molar-refractivity contribution in [3.05, 3.63) is 23.9 Å². The van der Waals surface area contributed by atoms with Gasteiger partial charge in [0.2, 0.25) is 5.88 Å². The lowest BCUT2D eigenvalue weighted by Crippen LogP contribution is -2.44. The van der Waals surface area contributed by atoms with Crippen molar-refractivity contribution in [2.75, 3.05) is 13.1 Å². The number of likely N-dealkylation sites (tertiary alicyclic amines) is 1. The Balaban J connectivity index is 1.81. The average Bonchev–Trinajstić information content (AvgIpc) is 2.46. The maximum Gasteiger partial charge on any atom is 0.410 e. The highest BCUT2D eigenvalue weighted by atomic mass is 16.6. The SMILES string of the molecule is CC(N)c1ccc(OC2CCN(C(=O)OC(C)(C)C)CC2)nc1. The molecule has 2 heterocycles. The summed E-state index contributed by atoms with van der Waals surface area (Å²) in [4.78, 5) is 18.0. The van der Waals surface area contributed by atoms with Gasteiger partial charge < -0.3 is 20.1 Å². The Morgan fingerprint density at radius 2 is 2.00 bits per heavy atom. The highest BCUT2D eigenvalue weighted by Crippen LogP contribution is 2.20. The van der Waals surface area contributed by atoms with Gasteiger partial charge in [0, 0.05) is 44.2 Å². The van der Waals surface area contributed by atoms with E-state index in [9.17, 15) is 4.79 Å². The lowest BCUT2D eigenvalue weighted by molar-refractivity contribution is 0.0123. The fourth-order valence-corrected chi connectivity index (χ4v) is 2.38. The number of piperidine rings is 1. The predicted molar refractivity (Wildman–Crippen MR) is 88.3 cm³/mol. The Morgan fingerprint density at radius 3 is 2.48 bits per heavy atom. The zero-order chi connectivity index (χ0) is 17.0. The summed E-state index contributed by atoms with van der Waals surface area (Å²) in [5.41, 5.74) is 6.33. The van der Waals surface area contributed by atoms with Crippen molar-refractivity contribution < 1.29 is 14.3 Å². The van der Waals surface area contributed by atoms with E-state index in [0.717, 1.165) is 18.4 Å². The minimum Gasteiger partial charge on any atom is -0.474 e. The summed E-state index contributed by atoms with van der Waals surface area (Å²) in [5.74, 6) is 0.602. The number of carbonyl (C=O) groups excluding carboxylic acids is 1. The molecule has 0 spiro atoms. The first-order chi connectivity index (χ1) is 10.7. The number of pyridine rings is 1. The predicted octanol–water partition coefficient (Wildman–Crippen LogP) is 2.88. The number of aromatic nitrogens is 1. The molecule has 6 nitrogen and oxygen atoms in total. The molecule has 0 radical (unpaired) electrons. The lowest BCUT2D eigenvalue weighted by Gasteiger charge is -2.33. The van der Waals surface area contributed by atoms with Crippen LogP contribution in [0.2, 0.25) is 0 Å². The third kappa shape index (κ3) is 5.39. The molecule has 2 N–H and O–H groups in total. The van der Waals surface area contributed by atoms with Crippen LogP contribution in [0.25, 0.3) is 0 Å². The van der Waals surface area contributed by atoms with Gasteiger partial charge in [-0.05, 0) is 33.3 Å². The molecule has 128 valence electrons. The Bertz CT molecular complexity index is 515. The Morgan fingerprint density at radius 1 is 1.35 bits per heavy atom. The molecule has 0 aliphatic carbocycles. The van der Waals surface area contributed by atoms with Gasteiger partial charge in [-0.1, -0.05) is 6.07 Å². The molecule has 1 aromatic heterocycles. The van der Waals surface area contributed by atoms with Crippen molar-refractivity contribution in [3.63, 3.8) is 0 Å². The zero-order valence-corrected chi connectivity index (χ0v) is 14.4. The van der Waals surface area contributed by atoms with Crippen molar-refractivity contribution >= 4 is 6.09 Å². The van der Waals surface area contributed by atoms with Crippen LogP contribution >= 0.6 is 0 Å². The van der Waals surface area contributed by atoms with Crippen LogP contribution in [0, 0.1) is 0 Å². The topological polar surface area (TPSA) is 77.7 Å². The molecule has 1 aliphatic heterocycles. The van der Waals surface area contributed by atoms with E-state index in [1.165, 1.54) is 0 Å². The second kappa shape index (κ2) is 7.17. The number of nitrogens with zero attached hydrogens (tertiary/aromatic N) is 2. The Kier molecular flexibility index (Phi) is 5.46. The van der Waals surface area contributed by atoms with Gasteiger partial charge in [-0.25, -0.2) is 9.78 Å². The van der Waals surface area contributed by atoms with Crippen LogP contribution < -0.4 is 10.5 Å². The monoisotopic (exact) mass is 321 g/mol. The van der Waals surface area contributed by atoms with Gasteiger partial charge in [-0.15, -0.1) is 0 Å². The van der Waals surface area contributed by atoms with Crippen LogP contribution in [0.3, 0.4) is 0 Å². The van der Waals surface area contributed by atoms with Crippen LogP contribution in [-0.4, -0.2) is 40.8 Å². The minimum atomic E-state index is -0.462. The Hall–Kier alpha value is -1.82. The quantitative estimate of drug-likeness (QED) is 0.926. The highest BCUT2D eigenvalue weighted by Gasteiger charge is 2.27. The number of carbonyl (C=O) groups is 1. The molecule has 1 unspecified atom stereocenters. The van der Waals surface area contributed by atoms with Crippen LogP contribution in [0.15, 0.2) is 18.3 Å². The molecule has 0 saturated carbocycles. The van der Waals surface area contributed by atoms with Crippen molar-refractivity contribution in [1.82, 2.24) is 9.88 Å². The van der Waals surface area contributed by atoms with Crippen LogP contribution in [0.1, 0.15) is 52.1 Å². The van der Waals surface area contributed by atoms with Crippen LogP contribution in [-0.2, 0) is 4.74 Å². The summed E-state index contributed by atoms with van der Waals surface area (Å²) in [6, 6.07) is 3.75. The van der Waals surface area contributed by atoms with Gasteiger partial charge in [-0.3, -0.25) is 0 Å². The van der Waals surface area contributed by atoms with E-state index in [0.29, 0.717) is 19.0 Å². The molecule has 1 saturated heterocycles. The molecular formula is C17H27N3O3. The first-order valence-corrected chi connectivity index (χ1v) is 8.11. The van der Waals surface area contributed by atoms with Crippen molar-refractivity contribution in [3.8, 4) is 5.88 Å². The summed E-state index contributed by atoms with van der Waals surface area (Å²) < 4.78 is 11.3. The third-order valence-corrected chi connectivity index (χ3v) is 3.67. The molecule has 1 fully saturated rings. The second-order valence-corrected chi connectivity index (χ2v) is 7.00. The second-order valence-electron chi connectivity index (χ2n) is 7.00. The summed E-state index contributed by atoms with van der Waals surface area (Å²) in [5, 5.41) is 0. The lowest BCUT2D eigenvalue weighted by atomic mass is 10.1. The highest BCUT2D eigenvalue weighted by molar-refractivity contribution is 5.68. The molecule has 1 aromatic rings. The van der Waals surface area contributed by atoms with E-state index >= 15 is 0 Å². The van der Waals surface area contributed by atoms with Crippen molar-refractivity contribution in [1.29, 1.82) is 0 Å². The van der Waals surface area contributed by atoms with Gasteiger partial charge >= 0.3 is 6.09 Å². The summed E-state index contributed by atoms with van der Waals surface area (Å²) >= 11 is 0. The Labute approximate surface area is 138 Å². The number of hydrogen-bond acceptors (Lipinski definition) is 5. The summed E-state index contributed by atoms with van der Waals surface area (Å²) in [6.07, 6.45) is 3.11. The fourth-order valence-electron chi connectivity index (χ4n) is 2.38. The van der Waals surface area contributed by atoms with Crippen LogP contribution in [0.4, 0.5) is 4.79 Å². The van der Waals surface area contributed by atoms with Crippen LogP contribution in [0.5, 0.6) is 5.88 Å². The molecule has 1 aliphatic rings. The molecule has 0 aromatic carbocycles. The van der Waals surface area contributed by atoms with Gasteiger partial charge in [0.05, 0.1) is 0 Å². The first-order valence-electron chi connectivity index (χ1n) is 8.11. The standard InChI is InChI=1S/C17H27N3O3/c1-12(18)13-5-6-15(19-11-13)22-14-7-9-20(10-8-14)16(21)23-17(2,3)4/h5-6,11-12,14H,7-10,18H2,1-4H3. The number of hydrogen-bond donors (Lipinski definition) is 1. The van der Waals surface area contributed by atoms with Crippen molar-refractivity contribution in [2.24, 2.45) is 5.73 Å². The maximum absolute atomic E-state index is 12.0. The average molecular weight is 321 g/mol. The molecule has 2 rings (SSSR count).